The lowest BCUT2D eigenvalue weighted by atomic mass is 9.85. The first-order chi connectivity index (χ1) is 11.2. The van der Waals surface area contributed by atoms with Crippen molar-refractivity contribution in [1.82, 2.24) is 10.1 Å². The number of hydrogen-bond donors (Lipinski definition) is 1. The molecule has 0 atom stereocenters. The fourth-order valence-corrected chi connectivity index (χ4v) is 2.95. The van der Waals surface area contributed by atoms with E-state index < -0.39 is 0 Å². The number of aryl methyl sites for hydroxylation is 1. The third-order valence-corrected chi connectivity index (χ3v) is 3.97. The van der Waals surface area contributed by atoms with Gasteiger partial charge >= 0.3 is 0 Å². The fraction of sp³-hybridized carbons (Fsp3) is 0.0526. The van der Waals surface area contributed by atoms with Crippen LogP contribution in [0, 0.1) is 6.92 Å². The summed E-state index contributed by atoms with van der Waals surface area (Å²) >= 11 is 0. The summed E-state index contributed by atoms with van der Waals surface area (Å²) in [6, 6.07) is 10.4. The number of aromatic nitrogens is 2. The SMILES string of the molecule is C=C1Nc2ccc(C)cc2C(c2ccncc2)=C1c1cnoc1. The largest absolute Gasteiger partial charge is 0.364 e. The van der Waals surface area contributed by atoms with E-state index in [-0.39, 0.29) is 0 Å². The van der Waals surface area contributed by atoms with Crippen molar-refractivity contribution in [3.8, 4) is 0 Å². The van der Waals surface area contributed by atoms with Gasteiger partial charge < -0.3 is 9.84 Å². The minimum Gasteiger partial charge on any atom is -0.364 e. The van der Waals surface area contributed by atoms with Crippen LogP contribution in [0.15, 0.2) is 72.0 Å². The third-order valence-electron chi connectivity index (χ3n) is 3.97. The van der Waals surface area contributed by atoms with Gasteiger partial charge in [0.1, 0.15) is 6.26 Å². The van der Waals surface area contributed by atoms with Gasteiger partial charge in [-0.1, -0.05) is 23.4 Å². The van der Waals surface area contributed by atoms with Crippen LogP contribution in [0.4, 0.5) is 5.69 Å². The van der Waals surface area contributed by atoms with E-state index in [2.05, 4.69) is 47.2 Å². The van der Waals surface area contributed by atoms with E-state index in [9.17, 15) is 0 Å². The first-order valence-corrected chi connectivity index (χ1v) is 7.36. The average Bonchev–Trinajstić information content (AvgIpc) is 3.09. The first kappa shape index (κ1) is 13.5. The summed E-state index contributed by atoms with van der Waals surface area (Å²) in [5.41, 5.74) is 8.32. The van der Waals surface area contributed by atoms with Crippen molar-refractivity contribution in [1.29, 1.82) is 0 Å². The molecule has 0 radical (unpaired) electrons. The summed E-state index contributed by atoms with van der Waals surface area (Å²) in [5.74, 6) is 0. The fourth-order valence-electron chi connectivity index (χ4n) is 2.95. The van der Waals surface area contributed by atoms with E-state index in [1.807, 2.05) is 12.1 Å². The van der Waals surface area contributed by atoms with E-state index >= 15 is 0 Å². The Morgan fingerprint density at radius 1 is 1.04 bits per heavy atom. The Kier molecular flexibility index (Phi) is 3.08. The summed E-state index contributed by atoms with van der Waals surface area (Å²) in [4.78, 5) is 4.13. The molecule has 2 aromatic heterocycles. The molecule has 0 aliphatic carbocycles. The maximum absolute atomic E-state index is 5.05. The molecule has 4 heteroatoms. The molecule has 0 amide bonds. The Morgan fingerprint density at radius 2 is 1.87 bits per heavy atom. The zero-order chi connectivity index (χ0) is 15.8. The van der Waals surface area contributed by atoms with Gasteiger partial charge in [-0.2, -0.15) is 0 Å². The molecule has 0 saturated heterocycles. The molecule has 1 N–H and O–H groups in total. The number of pyridine rings is 1. The number of hydrogen-bond acceptors (Lipinski definition) is 4. The molecule has 3 aromatic rings. The number of nitrogens with one attached hydrogen (secondary N) is 1. The Balaban J connectivity index is 2.08. The molecule has 112 valence electrons. The van der Waals surface area contributed by atoms with Crippen LogP contribution in [-0.2, 0) is 0 Å². The molecule has 1 aliphatic heterocycles. The second-order valence-corrected chi connectivity index (χ2v) is 5.55. The smallest absolute Gasteiger partial charge is 0.131 e. The van der Waals surface area contributed by atoms with Gasteiger partial charge in [0.05, 0.1) is 6.20 Å². The normalized spacial score (nSPS) is 13.7. The number of benzene rings is 1. The lowest BCUT2D eigenvalue weighted by Gasteiger charge is -2.26. The van der Waals surface area contributed by atoms with E-state index in [4.69, 9.17) is 4.52 Å². The van der Waals surface area contributed by atoms with Gasteiger partial charge in [-0.05, 0) is 36.8 Å². The number of allylic oxidation sites excluding steroid dienone is 1. The Hall–Kier alpha value is -3.14. The summed E-state index contributed by atoms with van der Waals surface area (Å²) in [5, 5.41) is 7.23. The van der Waals surface area contributed by atoms with Crippen LogP contribution >= 0.6 is 0 Å². The van der Waals surface area contributed by atoms with Crippen LogP contribution < -0.4 is 5.32 Å². The number of nitrogens with zero attached hydrogens (tertiary/aromatic N) is 2. The van der Waals surface area contributed by atoms with E-state index in [0.717, 1.165) is 39.2 Å². The minimum absolute atomic E-state index is 0.830. The number of anilines is 1. The quantitative estimate of drug-likeness (QED) is 0.767. The summed E-state index contributed by atoms with van der Waals surface area (Å²) in [6.07, 6.45) is 6.95. The Labute approximate surface area is 134 Å². The summed E-state index contributed by atoms with van der Waals surface area (Å²) in [7, 11) is 0. The van der Waals surface area contributed by atoms with Crippen LogP contribution in [0.2, 0.25) is 0 Å². The molecule has 0 unspecified atom stereocenters. The minimum atomic E-state index is 0.830. The van der Waals surface area contributed by atoms with Crippen molar-refractivity contribution < 1.29 is 4.52 Å². The highest BCUT2D eigenvalue weighted by atomic mass is 16.5. The van der Waals surface area contributed by atoms with Crippen LogP contribution in [0.25, 0.3) is 11.1 Å². The van der Waals surface area contributed by atoms with Crippen molar-refractivity contribution >= 4 is 16.8 Å². The highest BCUT2D eigenvalue weighted by Gasteiger charge is 2.24. The second-order valence-electron chi connectivity index (χ2n) is 5.55. The predicted octanol–water partition coefficient (Wildman–Crippen LogP) is 4.28. The Morgan fingerprint density at radius 3 is 2.61 bits per heavy atom. The van der Waals surface area contributed by atoms with Gasteiger partial charge in [0.2, 0.25) is 0 Å². The monoisotopic (exact) mass is 301 g/mol. The lowest BCUT2D eigenvalue weighted by Crippen LogP contribution is -2.12. The van der Waals surface area contributed by atoms with Crippen LogP contribution in [0.1, 0.15) is 22.3 Å². The molecule has 0 bridgehead atoms. The van der Waals surface area contributed by atoms with Crippen molar-refractivity contribution in [3.05, 3.63) is 89.7 Å². The number of rotatable bonds is 2. The zero-order valence-corrected chi connectivity index (χ0v) is 12.7. The topological polar surface area (TPSA) is 51.0 Å². The first-order valence-electron chi connectivity index (χ1n) is 7.36. The van der Waals surface area contributed by atoms with Gasteiger partial charge in [-0.25, -0.2) is 0 Å². The van der Waals surface area contributed by atoms with Crippen LogP contribution in [0.3, 0.4) is 0 Å². The summed E-state index contributed by atoms with van der Waals surface area (Å²) in [6.45, 7) is 6.28. The lowest BCUT2D eigenvalue weighted by molar-refractivity contribution is 0.419. The Bertz CT molecular complexity index is 909. The van der Waals surface area contributed by atoms with E-state index in [1.165, 1.54) is 5.56 Å². The van der Waals surface area contributed by atoms with Gasteiger partial charge in [0.25, 0.3) is 0 Å². The maximum atomic E-state index is 5.05. The second kappa shape index (κ2) is 5.25. The van der Waals surface area contributed by atoms with Crippen molar-refractivity contribution in [2.75, 3.05) is 5.32 Å². The summed E-state index contributed by atoms with van der Waals surface area (Å²) < 4.78 is 5.05. The predicted molar refractivity (Wildman–Crippen MR) is 90.6 cm³/mol. The molecule has 1 aliphatic rings. The molecular formula is C19H15N3O. The molecule has 0 spiro atoms. The maximum Gasteiger partial charge on any atom is 0.131 e. The zero-order valence-electron chi connectivity index (χ0n) is 12.7. The molecule has 1 aromatic carbocycles. The van der Waals surface area contributed by atoms with Crippen molar-refractivity contribution in [2.24, 2.45) is 0 Å². The molecule has 4 nitrogen and oxygen atoms in total. The third kappa shape index (κ3) is 2.25. The average molecular weight is 301 g/mol. The van der Waals surface area contributed by atoms with Crippen molar-refractivity contribution in [3.63, 3.8) is 0 Å². The standard InChI is InChI=1S/C19H15N3O/c1-12-3-4-17-16(9-12)19(14-5-7-20-8-6-14)18(13(2)22-17)15-10-21-23-11-15/h3-11,22H,2H2,1H3. The van der Waals surface area contributed by atoms with Crippen molar-refractivity contribution in [2.45, 2.75) is 6.92 Å². The highest BCUT2D eigenvalue weighted by Crippen LogP contribution is 2.43. The van der Waals surface area contributed by atoms with E-state index in [0.29, 0.717) is 0 Å². The molecule has 4 rings (SSSR count). The molecule has 0 fully saturated rings. The van der Waals surface area contributed by atoms with E-state index in [1.54, 1.807) is 24.9 Å². The van der Waals surface area contributed by atoms with Gasteiger partial charge in [-0.15, -0.1) is 0 Å². The number of fused-ring (bicyclic) bond motifs is 1. The highest BCUT2D eigenvalue weighted by molar-refractivity contribution is 6.09. The molecule has 3 heterocycles. The molecular weight excluding hydrogens is 286 g/mol. The van der Waals surface area contributed by atoms with Gasteiger partial charge in [-0.3, -0.25) is 4.98 Å². The van der Waals surface area contributed by atoms with Crippen LogP contribution in [0.5, 0.6) is 0 Å². The molecule has 23 heavy (non-hydrogen) atoms. The van der Waals surface area contributed by atoms with Gasteiger partial charge in [0, 0.05) is 46.1 Å². The van der Waals surface area contributed by atoms with Crippen LogP contribution in [-0.4, -0.2) is 10.1 Å². The van der Waals surface area contributed by atoms with Gasteiger partial charge in [0.15, 0.2) is 0 Å². The molecule has 0 saturated carbocycles.